The van der Waals surface area contributed by atoms with Crippen LogP contribution in [0, 0.1) is 13.8 Å². The second kappa shape index (κ2) is 6.97. The van der Waals surface area contributed by atoms with E-state index in [4.69, 9.17) is 0 Å². The molecule has 5 nitrogen and oxygen atoms in total. The van der Waals surface area contributed by atoms with E-state index in [1.807, 2.05) is 56.3 Å². The molecule has 1 atom stereocenters. The Balaban J connectivity index is 1.98. The summed E-state index contributed by atoms with van der Waals surface area (Å²) in [6.45, 7) is 5.64. The van der Waals surface area contributed by atoms with Gasteiger partial charge < -0.3 is 0 Å². The summed E-state index contributed by atoms with van der Waals surface area (Å²) in [7, 11) is 0. The van der Waals surface area contributed by atoms with Gasteiger partial charge in [0.1, 0.15) is 5.78 Å². The summed E-state index contributed by atoms with van der Waals surface area (Å²) in [5.74, 6) is 0.0710. The lowest BCUT2D eigenvalue weighted by molar-refractivity contribution is -0.116. The Hall–Kier alpha value is -2.47. The summed E-state index contributed by atoms with van der Waals surface area (Å²) >= 11 is 1.37. The van der Waals surface area contributed by atoms with Gasteiger partial charge in [-0.3, -0.25) is 4.79 Å². The molecule has 0 aliphatic rings. The molecule has 0 radical (unpaired) electrons. The van der Waals surface area contributed by atoms with Crippen molar-refractivity contribution in [2.45, 2.75) is 31.2 Å². The van der Waals surface area contributed by atoms with Gasteiger partial charge >= 0.3 is 0 Å². The van der Waals surface area contributed by atoms with Crippen LogP contribution in [0.25, 0.3) is 5.69 Å². The van der Waals surface area contributed by atoms with Crippen molar-refractivity contribution in [2.75, 3.05) is 0 Å². The number of rotatable bonds is 5. The van der Waals surface area contributed by atoms with Crippen molar-refractivity contribution in [1.82, 2.24) is 20.2 Å². The number of nitrogens with zero attached hydrogens (tertiary/aromatic N) is 4. The largest absolute Gasteiger partial charge is 0.298 e. The number of ketones is 1. The standard InChI is InChI=1S/C18H18N4OS/c1-12-9-10-13(2)16(11-12)22-18(19-20-21-22)24-17(14(3)23)15-7-5-4-6-8-15/h4-11,17H,1-3H3/t17-/m1/s1. The SMILES string of the molecule is CC(=O)[C@@H](Sc1nnnn1-c1cc(C)ccc1C)c1ccccc1. The molecule has 0 unspecified atom stereocenters. The molecule has 0 aliphatic carbocycles. The maximum atomic E-state index is 12.1. The second-order valence-corrected chi connectivity index (χ2v) is 6.75. The predicted octanol–water partition coefficient (Wildman–Crippen LogP) is 3.70. The van der Waals surface area contributed by atoms with Crippen molar-refractivity contribution in [3.05, 3.63) is 65.2 Å². The molecule has 0 saturated heterocycles. The number of hydrogen-bond acceptors (Lipinski definition) is 5. The Kier molecular flexibility index (Phi) is 4.76. The summed E-state index contributed by atoms with van der Waals surface area (Å²) in [6, 6.07) is 15.8. The van der Waals surface area contributed by atoms with E-state index in [2.05, 4.69) is 21.6 Å². The maximum absolute atomic E-state index is 12.1. The first-order valence-electron chi connectivity index (χ1n) is 7.64. The smallest absolute Gasteiger partial charge is 0.215 e. The highest BCUT2D eigenvalue weighted by atomic mass is 32.2. The Morgan fingerprint density at radius 1 is 1.12 bits per heavy atom. The Labute approximate surface area is 145 Å². The van der Waals surface area contributed by atoms with Crippen molar-refractivity contribution in [1.29, 1.82) is 0 Å². The lowest BCUT2D eigenvalue weighted by Crippen LogP contribution is -2.08. The van der Waals surface area contributed by atoms with E-state index in [1.54, 1.807) is 11.6 Å². The molecular formula is C18H18N4OS. The highest BCUT2D eigenvalue weighted by Gasteiger charge is 2.22. The number of benzene rings is 2. The molecule has 0 amide bonds. The lowest BCUT2D eigenvalue weighted by Gasteiger charge is -2.14. The minimum absolute atomic E-state index is 0.0710. The number of aryl methyl sites for hydroxylation is 2. The van der Waals surface area contributed by atoms with E-state index in [0.717, 1.165) is 22.4 Å². The summed E-state index contributed by atoms with van der Waals surface area (Å²) in [5.41, 5.74) is 4.09. The summed E-state index contributed by atoms with van der Waals surface area (Å²) in [4.78, 5) is 12.1. The van der Waals surface area contributed by atoms with Crippen molar-refractivity contribution in [2.24, 2.45) is 0 Å². The van der Waals surface area contributed by atoms with Gasteiger partial charge in [-0.25, -0.2) is 0 Å². The molecule has 0 fully saturated rings. The van der Waals surface area contributed by atoms with Crippen LogP contribution >= 0.6 is 11.8 Å². The molecule has 122 valence electrons. The van der Waals surface area contributed by atoms with Gasteiger partial charge in [-0.05, 0) is 54.0 Å². The Morgan fingerprint density at radius 2 is 1.88 bits per heavy atom. The number of aromatic nitrogens is 4. The fraction of sp³-hybridized carbons (Fsp3) is 0.222. The predicted molar refractivity (Wildman–Crippen MR) is 94.3 cm³/mol. The second-order valence-electron chi connectivity index (χ2n) is 5.68. The number of Topliss-reactive ketones (excluding diaryl/α,β-unsaturated/α-hetero) is 1. The summed E-state index contributed by atoms with van der Waals surface area (Å²) in [6.07, 6.45) is 0. The van der Waals surface area contributed by atoms with Gasteiger partial charge in [0.15, 0.2) is 0 Å². The normalized spacial score (nSPS) is 12.1. The monoisotopic (exact) mass is 338 g/mol. The maximum Gasteiger partial charge on any atom is 0.215 e. The van der Waals surface area contributed by atoms with Gasteiger partial charge in [-0.15, -0.1) is 5.10 Å². The van der Waals surface area contributed by atoms with Gasteiger partial charge in [-0.1, -0.05) is 54.2 Å². The average molecular weight is 338 g/mol. The zero-order valence-electron chi connectivity index (χ0n) is 13.8. The third-order valence-corrected chi connectivity index (χ3v) is 5.03. The number of thioether (sulfide) groups is 1. The first-order chi connectivity index (χ1) is 11.6. The summed E-state index contributed by atoms with van der Waals surface area (Å²) in [5, 5.41) is 12.3. The van der Waals surface area contributed by atoms with Crippen molar-refractivity contribution >= 4 is 17.5 Å². The zero-order chi connectivity index (χ0) is 17.1. The van der Waals surface area contributed by atoms with Crippen LogP contribution in [0.1, 0.15) is 28.9 Å². The molecular weight excluding hydrogens is 320 g/mol. The lowest BCUT2D eigenvalue weighted by atomic mass is 10.1. The van der Waals surface area contributed by atoms with Crippen LogP contribution in [-0.4, -0.2) is 26.0 Å². The van der Waals surface area contributed by atoms with Gasteiger partial charge in [0.2, 0.25) is 5.16 Å². The average Bonchev–Trinajstić information content (AvgIpc) is 3.03. The van der Waals surface area contributed by atoms with Crippen LogP contribution < -0.4 is 0 Å². The number of tetrazole rings is 1. The molecule has 0 aliphatic heterocycles. The highest BCUT2D eigenvalue weighted by Crippen LogP contribution is 2.35. The van der Waals surface area contributed by atoms with E-state index >= 15 is 0 Å². The van der Waals surface area contributed by atoms with Gasteiger partial charge in [0, 0.05) is 0 Å². The molecule has 0 bridgehead atoms. The Morgan fingerprint density at radius 3 is 2.58 bits per heavy atom. The third kappa shape index (κ3) is 3.38. The molecule has 24 heavy (non-hydrogen) atoms. The quantitative estimate of drug-likeness (QED) is 0.664. The van der Waals surface area contributed by atoms with Crippen molar-refractivity contribution < 1.29 is 4.79 Å². The van der Waals surface area contributed by atoms with Gasteiger partial charge in [0.05, 0.1) is 10.9 Å². The zero-order valence-corrected chi connectivity index (χ0v) is 14.6. The molecule has 0 N–H and O–H groups in total. The molecule has 3 aromatic rings. The van der Waals surface area contributed by atoms with Crippen LogP contribution in [0.15, 0.2) is 53.7 Å². The van der Waals surface area contributed by atoms with Gasteiger partial charge in [-0.2, -0.15) is 4.68 Å². The molecule has 1 aromatic heterocycles. The fourth-order valence-electron chi connectivity index (χ4n) is 2.47. The van der Waals surface area contributed by atoms with E-state index in [9.17, 15) is 4.79 Å². The van der Waals surface area contributed by atoms with Gasteiger partial charge in [0.25, 0.3) is 0 Å². The summed E-state index contributed by atoms with van der Waals surface area (Å²) < 4.78 is 1.70. The van der Waals surface area contributed by atoms with Crippen LogP contribution in [0.3, 0.4) is 0 Å². The Bertz CT molecular complexity index is 860. The molecule has 0 spiro atoms. The van der Waals surface area contributed by atoms with E-state index < -0.39 is 0 Å². The molecule has 6 heteroatoms. The molecule has 3 rings (SSSR count). The van der Waals surface area contributed by atoms with Crippen molar-refractivity contribution in [3.8, 4) is 5.69 Å². The first-order valence-corrected chi connectivity index (χ1v) is 8.52. The topological polar surface area (TPSA) is 60.7 Å². The first kappa shape index (κ1) is 16.4. The van der Waals surface area contributed by atoms with E-state index in [0.29, 0.717) is 5.16 Å². The van der Waals surface area contributed by atoms with Crippen LogP contribution in [0.2, 0.25) is 0 Å². The van der Waals surface area contributed by atoms with Crippen LogP contribution in [-0.2, 0) is 4.79 Å². The number of carbonyl (C=O) groups excluding carboxylic acids is 1. The van der Waals surface area contributed by atoms with Crippen LogP contribution in [0.5, 0.6) is 0 Å². The highest BCUT2D eigenvalue weighted by molar-refractivity contribution is 8.00. The molecule has 1 heterocycles. The minimum atomic E-state index is -0.332. The van der Waals surface area contributed by atoms with E-state index in [1.165, 1.54) is 11.8 Å². The molecule has 0 saturated carbocycles. The minimum Gasteiger partial charge on any atom is -0.298 e. The third-order valence-electron chi connectivity index (χ3n) is 3.73. The number of carbonyl (C=O) groups is 1. The molecule has 2 aromatic carbocycles. The van der Waals surface area contributed by atoms with Crippen LogP contribution in [0.4, 0.5) is 0 Å². The fourth-order valence-corrected chi connectivity index (χ4v) is 3.46. The number of hydrogen-bond donors (Lipinski definition) is 0. The van der Waals surface area contributed by atoms with E-state index in [-0.39, 0.29) is 11.0 Å². The van der Waals surface area contributed by atoms with Crippen molar-refractivity contribution in [3.63, 3.8) is 0 Å².